The van der Waals surface area contributed by atoms with Crippen LogP contribution < -0.4 is 20.1 Å². The monoisotopic (exact) mass is 317 g/mol. The van der Waals surface area contributed by atoms with Crippen molar-refractivity contribution in [1.82, 2.24) is 5.32 Å². The molecule has 23 heavy (non-hydrogen) atoms. The summed E-state index contributed by atoms with van der Waals surface area (Å²) >= 11 is 0. The van der Waals surface area contributed by atoms with Crippen molar-refractivity contribution in [3.05, 3.63) is 18.2 Å². The normalized spacial score (nSPS) is 19.7. The fourth-order valence-electron chi connectivity index (χ4n) is 3.55. The van der Waals surface area contributed by atoms with Crippen molar-refractivity contribution in [3.8, 4) is 11.5 Å². The average molecular weight is 317 g/mol. The summed E-state index contributed by atoms with van der Waals surface area (Å²) in [5.74, 6) is 3.18. The Labute approximate surface area is 138 Å². The second-order valence-corrected chi connectivity index (χ2v) is 6.61. The first-order valence-corrected chi connectivity index (χ1v) is 8.40. The van der Waals surface area contributed by atoms with Gasteiger partial charge in [0.15, 0.2) is 17.5 Å². The molecule has 1 aromatic rings. The van der Waals surface area contributed by atoms with Gasteiger partial charge < -0.3 is 20.1 Å². The number of aliphatic imine (C=N–C) groups is 1. The quantitative estimate of drug-likeness (QED) is 0.624. The highest BCUT2D eigenvalue weighted by molar-refractivity contribution is 5.93. The molecule has 2 aliphatic rings. The second-order valence-electron chi connectivity index (χ2n) is 6.61. The topological polar surface area (TPSA) is 54.9 Å². The van der Waals surface area contributed by atoms with Crippen LogP contribution in [0.4, 0.5) is 5.69 Å². The summed E-state index contributed by atoms with van der Waals surface area (Å²) < 4.78 is 10.6. The maximum atomic E-state index is 5.35. The highest BCUT2D eigenvalue weighted by Gasteiger charge is 2.48. The molecule has 126 valence electrons. The largest absolute Gasteiger partial charge is 0.493 e. The number of nitrogens with zero attached hydrogens (tertiary/aromatic N) is 1. The SMILES string of the molecule is CN=C(NCC1(C2CC2)CCC1)Nc1ccc(OC)c(OC)c1. The lowest BCUT2D eigenvalue weighted by Gasteiger charge is -2.43. The third-order valence-corrected chi connectivity index (χ3v) is 5.27. The van der Waals surface area contributed by atoms with Crippen LogP contribution in [0.3, 0.4) is 0 Å². The molecule has 0 aromatic heterocycles. The van der Waals surface area contributed by atoms with Crippen molar-refractivity contribution in [2.75, 3.05) is 33.1 Å². The van der Waals surface area contributed by atoms with E-state index in [0.717, 1.165) is 29.9 Å². The summed E-state index contributed by atoms with van der Waals surface area (Å²) in [5.41, 5.74) is 1.46. The van der Waals surface area contributed by atoms with Gasteiger partial charge in [0.25, 0.3) is 0 Å². The third-order valence-electron chi connectivity index (χ3n) is 5.27. The molecule has 0 bridgehead atoms. The molecule has 0 amide bonds. The Balaban J connectivity index is 1.61. The number of ether oxygens (including phenoxy) is 2. The van der Waals surface area contributed by atoms with Crippen LogP contribution in [-0.4, -0.2) is 33.8 Å². The van der Waals surface area contributed by atoms with E-state index in [1.807, 2.05) is 18.2 Å². The molecule has 0 radical (unpaired) electrons. The summed E-state index contributed by atoms with van der Waals surface area (Å²) in [7, 11) is 5.09. The minimum atomic E-state index is 0.523. The zero-order valence-electron chi connectivity index (χ0n) is 14.3. The number of methoxy groups -OCH3 is 2. The second kappa shape index (κ2) is 6.69. The van der Waals surface area contributed by atoms with E-state index in [2.05, 4.69) is 15.6 Å². The van der Waals surface area contributed by atoms with E-state index in [0.29, 0.717) is 11.2 Å². The molecule has 0 heterocycles. The van der Waals surface area contributed by atoms with Gasteiger partial charge in [0.1, 0.15) is 0 Å². The van der Waals surface area contributed by atoms with E-state index >= 15 is 0 Å². The Bertz CT molecular complexity index is 578. The maximum absolute atomic E-state index is 5.35. The number of nitrogens with one attached hydrogen (secondary N) is 2. The lowest BCUT2D eigenvalue weighted by molar-refractivity contribution is 0.106. The Morgan fingerprint density at radius 3 is 2.48 bits per heavy atom. The molecule has 2 fully saturated rings. The van der Waals surface area contributed by atoms with Crippen LogP contribution in [0, 0.1) is 11.3 Å². The van der Waals surface area contributed by atoms with Gasteiger partial charge in [0, 0.05) is 25.3 Å². The summed E-state index contributed by atoms with van der Waals surface area (Å²) in [4.78, 5) is 4.34. The van der Waals surface area contributed by atoms with Crippen molar-refractivity contribution in [2.24, 2.45) is 16.3 Å². The number of hydrogen-bond acceptors (Lipinski definition) is 3. The van der Waals surface area contributed by atoms with Gasteiger partial charge in [-0.2, -0.15) is 0 Å². The van der Waals surface area contributed by atoms with Gasteiger partial charge in [-0.15, -0.1) is 0 Å². The zero-order valence-corrected chi connectivity index (χ0v) is 14.3. The number of guanidine groups is 1. The highest BCUT2D eigenvalue weighted by Crippen LogP contribution is 2.56. The first-order valence-electron chi connectivity index (χ1n) is 8.40. The Hall–Kier alpha value is -1.91. The van der Waals surface area contributed by atoms with Crippen LogP contribution >= 0.6 is 0 Å². The first-order chi connectivity index (χ1) is 11.2. The molecular formula is C18H27N3O2. The molecule has 0 spiro atoms. The van der Waals surface area contributed by atoms with E-state index in [1.165, 1.54) is 32.1 Å². The molecule has 3 rings (SSSR count). The van der Waals surface area contributed by atoms with Crippen molar-refractivity contribution in [1.29, 1.82) is 0 Å². The number of hydrogen-bond donors (Lipinski definition) is 2. The van der Waals surface area contributed by atoms with Gasteiger partial charge in [-0.05, 0) is 49.1 Å². The van der Waals surface area contributed by atoms with Gasteiger partial charge in [-0.25, -0.2) is 0 Å². The number of anilines is 1. The van der Waals surface area contributed by atoms with Crippen LogP contribution in [0.25, 0.3) is 0 Å². The summed E-state index contributed by atoms with van der Waals surface area (Å²) in [6.45, 7) is 1.02. The molecule has 2 N–H and O–H groups in total. The van der Waals surface area contributed by atoms with Crippen molar-refractivity contribution in [2.45, 2.75) is 32.1 Å². The molecular weight excluding hydrogens is 290 g/mol. The van der Waals surface area contributed by atoms with Crippen LogP contribution in [0.1, 0.15) is 32.1 Å². The van der Waals surface area contributed by atoms with Gasteiger partial charge >= 0.3 is 0 Å². The van der Waals surface area contributed by atoms with Crippen molar-refractivity contribution >= 4 is 11.6 Å². The molecule has 2 saturated carbocycles. The predicted octanol–water partition coefficient (Wildman–Crippen LogP) is 3.27. The predicted molar refractivity (Wildman–Crippen MR) is 93.5 cm³/mol. The van der Waals surface area contributed by atoms with Gasteiger partial charge in [-0.3, -0.25) is 4.99 Å². The fraction of sp³-hybridized carbons (Fsp3) is 0.611. The van der Waals surface area contributed by atoms with E-state index < -0.39 is 0 Å². The van der Waals surface area contributed by atoms with E-state index in [9.17, 15) is 0 Å². The average Bonchev–Trinajstić information content (AvgIpc) is 3.37. The molecule has 2 aliphatic carbocycles. The number of rotatable bonds is 6. The lowest BCUT2D eigenvalue weighted by Crippen LogP contribution is -2.45. The summed E-state index contributed by atoms with van der Waals surface area (Å²) in [5, 5.41) is 6.85. The molecule has 5 heteroatoms. The minimum Gasteiger partial charge on any atom is -0.493 e. The first kappa shape index (κ1) is 16.0. The summed E-state index contributed by atoms with van der Waals surface area (Å²) in [6, 6.07) is 5.78. The Kier molecular flexibility index (Phi) is 4.64. The van der Waals surface area contributed by atoms with Crippen LogP contribution in [0.5, 0.6) is 11.5 Å². The van der Waals surface area contributed by atoms with Crippen LogP contribution in [-0.2, 0) is 0 Å². The Morgan fingerprint density at radius 1 is 1.22 bits per heavy atom. The molecule has 1 aromatic carbocycles. The van der Waals surface area contributed by atoms with E-state index in [1.54, 1.807) is 21.3 Å². The van der Waals surface area contributed by atoms with Gasteiger partial charge in [0.2, 0.25) is 0 Å². The summed E-state index contributed by atoms with van der Waals surface area (Å²) in [6.07, 6.45) is 6.91. The van der Waals surface area contributed by atoms with Crippen LogP contribution in [0.15, 0.2) is 23.2 Å². The molecule has 0 saturated heterocycles. The molecule has 0 unspecified atom stereocenters. The smallest absolute Gasteiger partial charge is 0.195 e. The Morgan fingerprint density at radius 2 is 1.96 bits per heavy atom. The highest BCUT2D eigenvalue weighted by atomic mass is 16.5. The van der Waals surface area contributed by atoms with Gasteiger partial charge in [0.05, 0.1) is 14.2 Å². The van der Waals surface area contributed by atoms with E-state index in [-0.39, 0.29) is 0 Å². The molecule has 5 nitrogen and oxygen atoms in total. The molecule has 0 atom stereocenters. The lowest BCUT2D eigenvalue weighted by atomic mass is 9.65. The fourth-order valence-corrected chi connectivity index (χ4v) is 3.55. The van der Waals surface area contributed by atoms with Gasteiger partial charge in [-0.1, -0.05) is 6.42 Å². The van der Waals surface area contributed by atoms with E-state index in [4.69, 9.17) is 9.47 Å². The molecule has 0 aliphatic heterocycles. The third kappa shape index (κ3) is 3.38. The van der Waals surface area contributed by atoms with Crippen molar-refractivity contribution in [3.63, 3.8) is 0 Å². The van der Waals surface area contributed by atoms with Crippen molar-refractivity contribution < 1.29 is 9.47 Å². The standard InChI is InChI=1S/C18H27N3O2/c1-19-17(20-12-18(9-4-10-18)13-5-6-13)21-14-7-8-15(22-2)16(11-14)23-3/h7-8,11,13H,4-6,9-10,12H2,1-3H3,(H2,19,20,21). The maximum Gasteiger partial charge on any atom is 0.195 e. The number of benzene rings is 1. The minimum absolute atomic E-state index is 0.523. The van der Waals surface area contributed by atoms with Crippen LogP contribution in [0.2, 0.25) is 0 Å². The zero-order chi connectivity index (χ0) is 16.3.